The van der Waals surface area contributed by atoms with Crippen molar-refractivity contribution < 1.29 is 0 Å². The molecule has 124 valence electrons. The maximum atomic E-state index is 4.71. The van der Waals surface area contributed by atoms with Crippen LogP contribution in [0.15, 0.2) is 65.7 Å². The molecule has 0 unspecified atom stereocenters. The van der Waals surface area contributed by atoms with Crippen LogP contribution in [0.3, 0.4) is 0 Å². The van der Waals surface area contributed by atoms with Crippen molar-refractivity contribution in [1.82, 2.24) is 4.57 Å². The van der Waals surface area contributed by atoms with E-state index in [0.29, 0.717) is 5.92 Å². The maximum absolute atomic E-state index is 4.71. The molecule has 0 bridgehead atoms. The number of thiol groups is 1. The molecule has 0 fully saturated rings. The van der Waals surface area contributed by atoms with Crippen molar-refractivity contribution >= 4 is 12.6 Å². The molecule has 0 amide bonds. The van der Waals surface area contributed by atoms with Gasteiger partial charge in [-0.2, -0.15) is 0 Å². The van der Waals surface area contributed by atoms with Gasteiger partial charge in [0.1, 0.15) is 0 Å². The summed E-state index contributed by atoms with van der Waals surface area (Å²) in [4.78, 5) is 1.04. The first-order valence-corrected chi connectivity index (χ1v) is 9.15. The number of benzene rings is 2. The molecule has 2 aromatic carbocycles. The topological polar surface area (TPSA) is 4.93 Å². The molecule has 1 nitrogen and oxygen atoms in total. The van der Waals surface area contributed by atoms with Crippen molar-refractivity contribution in [3.8, 4) is 22.4 Å². The quantitative estimate of drug-likeness (QED) is 0.504. The lowest BCUT2D eigenvalue weighted by Crippen LogP contribution is -2.04. The first-order chi connectivity index (χ1) is 11.7. The zero-order valence-corrected chi connectivity index (χ0v) is 15.6. The van der Waals surface area contributed by atoms with Crippen molar-refractivity contribution in [3.05, 3.63) is 66.4 Å². The van der Waals surface area contributed by atoms with Crippen LogP contribution in [-0.4, -0.2) is 4.57 Å². The van der Waals surface area contributed by atoms with Gasteiger partial charge >= 0.3 is 0 Å². The molecule has 0 radical (unpaired) electrons. The third-order valence-electron chi connectivity index (χ3n) is 4.89. The summed E-state index contributed by atoms with van der Waals surface area (Å²) in [6, 6.07) is 19.5. The molecule has 1 aromatic heterocycles. The van der Waals surface area contributed by atoms with Crippen LogP contribution in [0.25, 0.3) is 22.4 Å². The average molecular weight is 336 g/mol. The van der Waals surface area contributed by atoms with E-state index in [2.05, 4.69) is 86.3 Å². The molecule has 0 saturated heterocycles. The van der Waals surface area contributed by atoms with Crippen molar-refractivity contribution in [1.29, 1.82) is 0 Å². The van der Waals surface area contributed by atoms with E-state index in [-0.39, 0.29) is 0 Å². The van der Waals surface area contributed by atoms with E-state index in [9.17, 15) is 0 Å². The number of hydrogen-bond donors (Lipinski definition) is 1. The molecule has 24 heavy (non-hydrogen) atoms. The van der Waals surface area contributed by atoms with Gasteiger partial charge in [0, 0.05) is 23.7 Å². The van der Waals surface area contributed by atoms with E-state index in [4.69, 9.17) is 12.6 Å². The zero-order chi connectivity index (χ0) is 17.1. The minimum Gasteiger partial charge on any atom is -0.350 e. The second-order valence-electron chi connectivity index (χ2n) is 6.31. The van der Waals surface area contributed by atoms with E-state index in [1.54, 1.807) is 0 Å². The Morgan fingerprint density at radius 3 is 2.12 bits per heavy atom. The molecule has 3 rings (SSSR count). The molecule has 2 heteroatoms. The zero-order valence-electron chi connectivity index (χ0n) is 14.7. The highest BCUT2D eigenvalue weighted by Gasteiger charge is 2.20. The molecule has 0 N–H and O–H groups in total. The van der Waals surface area contributed by atoms with Gasteiger partial charge in [0.25, 0.3) is 0 Å². The predicted octanol–water partition coefficient (Wildman–Crippen LogP) is 6.55. The van der Waals surface area contributed by atoms with E-state index in [1.165, 1.54) is 27.9 Å². The smallest absolute Gasteiger partial charge is 0.0616 e. The molecule has 0 aliphatic rings. The molecule has 1 heterocycles. The summed E-state index contributed by atoms with van der Waals surface area (Å²) in [5.74, 6) is 0.541. The van der Waals surface area contributed by atoms with Crippen LogP contribution >= 0.6 is 12.6 Å². The summed E-state index contributed by atoms with van der Waals surface area (Å²) >= 11 is 4.71. The van der Waals surface area contributed by atoms with Crippen molar-refractivity contribution in [3.63, 3.8) is 0 Å². The predicted molar refractivity (Wildman–Crippen MR) is 107 cm³/mol. The Morgan fingerprint density at radius 2 is 1.54 bits per heavy atom. The van der Waals surface area contributed by atoms with Crippen molar-refractivity contribution in [2.24, 2.45) is 7.05 Å². The average Bonchev–Trinajstić information content (AvgIpc) is 2.95. The van der Waals surface area contributed by atoms with Crippen LogP contribution in [0, 0.1) is 0 Å². The van der Waals surface area contributed by atoms with Crippen LogP contribution < -0.4 is 0 Å². The van der Waals surface area contributed by atoms with Gasteiger partial charge < -0.3 is 4.57 Å². The molecular weight excluding hydrogens is 310 g/mol. The lowest BCUT2D eigenvalue weighted by Gasteiger charge is -2.23. The van der Waals surface area contributed by atoms with E-state index >= 15 is 0 Å². The number of nitrogens with zero attached hydrogens (tertiary/aromatic N) is 1. The Labute approximate surface area is 150 Å². The summed E-state index contributed by atoms with van der Waals surface area (Å²) in [5.41, 5.74) is 6.60. The van der Waals surface area contributed by atoms with E-state index in [0.717, 1.165) is 17.7 Å². The fraction of sp³-hybridized carbons (Fsp3) is 0.273. The number of rotatable bonds is 5. The van der Waals surface area contributed by atoms with Gasteiger partial charge in [0.05, 0.1) is 5.69 Å². The van der Waals surface area contributed by atoms with Gasteiger partial charge in [0.15, 0.2) is 0 Å². The maximum Gasteiger partial charge on any atom is 0.0616 e. The summed E-state index contributed by atoms with van der Waals surface area (Å²) in [7, 11) is 2.10. The van der Waals surface area contributed by atoms with Crippen LogP contribution in [0.1, 0.15) is 38.2 Å². The highest BCUT2D eigenvalue weighted by atomic mass is 32.1. The van der Waals surface area contributed by atoms with Crippen LogP contribution in [-0.2, 0) is 7.05 Å². The highest BCUT2D eigenvalue weighted by Crippen LogP contribution is 2.41. The normalized spacial score (nSPS) is 11.2. The third kappa shape index (κ3) is 3.03. The molecule has 0 spiro atoms. The Balaban J connectivity index is 2.31. The molecule has 0 aliphatic carbocycles. The van der Waals surface area contributed by atoms with Gasteiger partial charge in [0.2, 0.25) is 0 Å². The van der Waals surface area contributed by atoms with E-state index in [1.807, 2.05) is 0 Å². The lowest BCUT2D eigenvalue weighted by atomic mass is 9.83. The number of aryl methyl sites for hydroxylation is 1. The second kappa shape index (κ2) is 7.31. The molecular formula is C22H25NS. The van der Waals surface area contributed by atoms with Gasteiger partial charge in [-0.25, -0.2) is 0 Å². The number of hydrogen-bond acceptors (Lipinski definition) is 1. The minimum absolute atomic E-state index is 0.541. The van der Waals surface area contributed by atoms with Gasteiger partial charge in [-0.15, -0.1) is 12.6 Å². The summed E-state index contributed by atoms with van der Waals surface area (Å²) < 4.78 is 2.18. The van der Waals surface area contributed by atoms with Crippen LogP contribution in [0.5, 0.6) is 0 Å². The summed E-state index contributed by atoms with van der Waals surface area (Å²) in [6.07, 6.45) is 4.36. The lowest BCUT2D eigenvalue weighted by molar-refractivity contribution is 0.644. The first kappa shape index (κ1) is 16.9. The Morgan fingerprint density at radius 1 is 0.875 bits per heavy atom. The first-order valence-electron chi connectivity index (χ1n) is 8.70. The largest absolute Gasteiger partial charge is 0.350 e. The highest BCUT2D eigenvalue weighted by molar-refractivity contribution is 7.80. The SMILES string of the molecule is CCC(CC)c1c(-c2ccccc2)cccc1-c1c(S)ccn1C. The monoisotopic (exact) mass is 335 g/mol. The standard InChI is InChI=1S/C22H25NS/c1-4-16(5-2)21-18(17-10-7-6-8-11-17)12-9-13-19(21)22-20(24)14-15-23(22)3/h6-16,24H,4-5H2,1-3H3. The fourth-order valence-corrected chi connectivity index (χ4v) is 3.97. The Kier molecular flexibility index (Phi) is 5.15. The Bertz CT molecular complexity index is 794. The fourth-order valence-electron chi connectivity index (χ4n) is 3.62. The summed E-state index contributed by atoms with van der Waals surface area (Å²) in [5, 5.41) is 0. The van der Waals surface area contributed by atoms with Crippen LogP contribution in [0.4, 0.5) is 0 Å². The summed E-state index contributed by atoms with van der Waals surface area (Å²) in [6.45, 7) is 4.57. The number of aromatic nitrogens is 1. The molecule has 0 aliphatic heterocycles. The Hall–Kier alpha value is -1.93. The molecule has 0 atom stereocenters. The van der Waals surface area contributed by atoms with E-state index < -0.39 is 0 Å². The third-order valence-corrected chi connectivity index (χ3v) is 5.25. The molecule has 3 aromatic rings. The van der Waals surface area contributed by atoms with Gasteiger partial charge in [-0.1, -0.05) is 62.4 Å². The van der Waals surface area contributed by atoms with Gasteiger partial charge in [-0.3, -0.25) is 0 Å². The minimum atomic E-state index is 0.541. The molecule has 0 saturated carbocycles. The van der Waals surface area contributed by atoms with Gasteiger partial charge in [-0.05, 0) is 41.5 Å². The van der Waals surface area contributed by atoms with Crippen LogP contribution in [0.2, 0.25) is 0 Å². The van der Waals surface area contributed by atoms with Crippen molar-refractivity contribution in [2.45, 2.75) is 37.5 Å². The van der Waals surface area contributed by atoms with Crippen molar-refractivity contribution in [2.75, 3.05) is 0 Å². The second-order valence-corrected chi connectivity index (χ2v) is 6.79.